The first-order chi connectivity index (χ1) is 14.1. The number of thiophene rings is 1. The number of para-hydroxylation sites is 1. The summed E-state index contributed by atoms with van der Waals surface area (Å²) in [5.41, 5.74) is 4.57. The van der Waals surface area contributed by atoms with E-state index in [1.807, 2.05) is 59.6 Å². The SMILES string of the molecule is O=C(c1ccc(-c2ccc(Cl)s2)cc1Cl)N1Cc2cccn2Cc2ccccc21. The highest BCUT2D eigenvalue weighted by Gasteiger charge is 2.26. The van der Waals surface area contributed by atoms with Crippen molar-refractivity contribution in [1.82, 2.24) is 4.57 Å². The predicted octanol–water partition coefficient (Wildman–Crippen LogP) is 6.73. The van der Waals surface area contributed by atoms with Crippen molar-refractivity contribution in [2.75, 3.05) is 4.90 Å². The fourth-order valence-corrected chi connectivity index (χ4v) is 5.02. The quantitative estimate of drug-likeness (QED) is 0.340. The molecule has 0 aliphatic carbocycles. The van der Waals surface area contributed by atoms with Crippen molar-refractivity contribution >= 4 is 46.1 Å². The Morgan fingerprint density at radius 2 is 1.79 bits per heavy atom. The van der Waals surface area contributed by atoms with E-state index in [1.54, 1.807) is 6.07 Å². The number of fused-ring (bicyclic) bond motifs is 2. The van der Waals surface area contributed by atoms with Crippen LogP contribution in [-0.4, -0.2) is 10.5 Å². The largest absolute Gasteiger partial charge is 0.345 e. The highest BCUT2D eigenvalue weighted by Crippen LogP contribution is 2.35. The van der Waals surface area contributed by atoms with Gasteiger partial charge in [-0.05, 0) is 53.6 Å². The third-order valence-electron chi connectivity index (χ3n) is 5.17. The van der Waals surface area contributed by atoms with E-state index in [0.717, 1.165) is 38.3 Å². The third kappa shape index (κ3) is 3.38. The van der Waals surface area contributed by atoms with Gasteiger partial charge in [0.1, 0.15) is 0 Å². The van der Waals surface area contributed by atoms with Crippen molar-refractivity contribution < 1.29 is 4.79 Å². The lowest BCUT2D eigenvalue weighted by Gasteiger charge is -2.23. The van der Waals surface area contributed by atoms with Gasteiger partial charge in [-0.2, -0.15) is 0 Å². The van der Waals surface area contributed by atoms with Crippen molar-refractivity contribution in [3.8, 4) is 10.4 Å². The van der Waals surface area contributed by atoms with Gasteiger partial charge in [0.05, 0.1) is 21.5 Å². The van der Waals surface area contributed by atoms with E-state index < -0.39 is 0 Å². The Morgan fingerprint density at radius 3 is 2.59 bits per heavy atom. The van der Waals surface area contributed by atoms with E-state index in [9.17, 15) is 4.79 Å². The first-order valence-electron chi connectivity index (χ1n) is 9.19. The minimum Gasteiger partial charge on any atom is -0.345 e. The molecule has 0 atom stereocenters. The molecule has 144 valence electrons. The molecule has 29 heavy (non-hydrogen) atoms. The molecule has 6 heteroatoms. The summed E-state index contributed by atoms with van der Waals surface area (Å²) < 4.78 is 2.90. The lowest BCUT2D eigenvalue weighted by Crippen LogP contribution is -2.30. The number of rotatable bonds is 2. The highest BCUT2D eigenvalue weighted by molar-refractivity contribution is 7.19. The van der Waals surface area contributed by atoms with E-state index in [4.69, 9.17) is 23.2 Å². The zero-order chi connectivity index (χ0) is 20.0. The predicted molar refractivity (Wildman–Crippen MR) is 120 cm³/mol. The number of benzene rings is 2. The number of anilines is 1. The smallest absolute Gasteiger partial charge is 0.260 e. The van der Waals surface area contributed by atoms with E-state index in [-0.39, 0.29) is 5.91 Å². The minimum atomic E-state index is -0.104. The first-order valence-corrected chi connectivity index (χ1v) is 10.8. The maximum absolute atomic E-state index is 13.5. The van der Waals surface area contributed by atoms with Crippen LogP contribution in [0.1, 0.15) is 21.6 Å². The average Bonchev–Trinajstić information content (AvgIpc) is 3.32. The maximum atomic E-state index is 13.5. The summed E-state index contributed by atoms with van der Waals surface area (Å²) in [6.45, 7) is 1.25. The van der Waals surface area contributed by atoms with Gasteiger partial charge in [-0.1, -0.05) is 47.5 Å². The second-order valence-corrected chi connectivity index (χ2v) is 9.07. The summed E-state index contributed by atoms with van der Waals surface area (Å²) in [6, 6.07) is 21.5. The van der Waals surface area contributed by atoms with E-state index in [2.05, 4.69) is 16.7 Å². The van der Waals surface area contributed by atoms with Crippen LogP contribution in [0.2, 0.25) is 9.36 Å². The zero-order valence-electron chi connectivity index (χ0n) is 15.3. The number of aromatic nitrogens is 1. The van der Waals surface area contributed by atoms with Crippen LogP contribution in [-0.2, 0) is 13.1 Å². The van der Waals surface area contributed by atoms with Crippen LogP contribution in [0.15, 0.2) is 72.9 Å². The molecular weight excluding hydrogens is 423 g/mol. The number of hydrogen-bond donors (Lipinski definition) is 0. The van der Waals surface area contributed by atoms with Crippen LogP contribution in [0.5, 0.6) is 0 Å². The van der Waals surface area contributed by atoms with E-state index >= 15 is 0 Å². The molecule has 3 nitrogen and oxygen atoms in total. The van der Waals surface area contributed by atoms with E-state index in [0.29, 0.717) is 17.1 Å². The molecule has 3 heterocycles. The van der Waals surface area contributed by atoms with Crippen molar-refractivity contribution in [3.63, 3.8) is 0 Å². The Labute approximate surface area is 182 Å². The first kappa shape index (κ1) is 18.5. The molecule has 0 unspecified atom stereocenters. The van der Waals surface area contributed by atoms with Gasteiger partial charge in [0, 0.05) is 29.0 Å². The molecule has 1 aliphatic rings. The molecule has 1 aliphatic heterocycles. The Bertz CT molecular complexity index is 1230. The van der Waals surface area contributed by atoms with Crippen molar-refractivity contribution in [3.05, 3.63) is 99.1 Å². The Morgan fingerprint density at radius 1 is 0.931 bits per heavy atom. The number of hydrogen-bond acceptors (Lipinski definition) is 2. The molecule has 0 radical (unpaired) electrons. The zero-order valence-corrected chi connectivity index (χ0v) is 17.6. The molecule has 4 aromatic rings. The van der Waals surface area contributed by atoms with Crippen LogP contribution < -0.4 is 4.90 Å². The molecule has 0 fully saturated rings. The second-order valence-electron chi connectivity index (χ2n) is 6.95. The maximum Gasteiger partial charge on any atom is 0.260 e. The summed E-state index contributed by atoms with van der Waals surface area (Å²) in [6.07, 6.45) is 2.05. The topological polar surface area (TPSA) is 25.2 Å². The lowest BCUT2D eigenvalue weighted by molar-refractivity contribution is 0.0985. The van der Waals surface area contributed by atoms with Crippen LogP contribution in [0.4, 0.5) is 5.69 Å². The Balaban J connectivity index is 1.55. The normalized spacial score (nSPS) is 13.0. The van der Waals surface area contributed by atoms with Gasteiger partial charge >= 0.3 is 0 Å². The van der Waals surface area contributed by atoms with Gasteiger partial charge in [-0.3, -0.25) is 4.79 Å². The number of amides is 1. The number of carbonyl (C=O) groups is 1. The monoisotopic (exact) mass is 438 g/mol. The van der Waals surface area contributed by atoms with Crippen molar-refractivity contribution in [2.45, 2.75) is 13.1 Å². The van der Waals surface area contributed by atoms with Gasteiger partial charge in [-0.15, -0.1) is 11.3 Å². The van der Waals surface area contributed by atoms with Gasteiger partial charge in [0.25, 0.3) is 5.91 Å². The fraction of sp³-hybridized carbons (Fsp3) is 0.0870. The summed E-state index contributed by atoms with van der Waals surface area (Å²) in [5.74, 6) is -0.104. The molecule has 0 spiro atoms. The summed E-state index contributed by atoms with van der Waals surface area (Å²) in [5, 5.41) is 0.439. The van der Waals surface area contributed by atoms with E-state index in [1.165, 1.54) is 11.3 Å². The molecule has 0 bridgehead atoms. The Kier molecular flexibility index (Phi) is 4.70. The lowest BCUT2D eigenvalue weighted by atomic mass is 10.1. The average molecular weight is 439 g/mol. The molecule has 0 N–H and O–H groups in total. The van der Waals surface area contributed by atoms with Crippen LogP contribution in [0.3, 0.4) is 0 Å². The second kappa shape index (κ2) is 7.38. The highest BCUT2D eigenvalue weighted by atomic mass is 35.5. The summed E-state index contributed by atoms with van der Waals surface area (Å²) in [4.78, 5) is 16.4. The van der Waals surface area contributed by atoms with Gasteiger partial charge in [0.15, 0.2) is 0 Å². The number of carbonyl (C=O) groups excluding carboxylic acids is 1. The molecule has 2 aromatic carbocycles. The molecule has 2 aromatic heterocycles. The Hall–Kier alpha value is -2.53. The van der Waals surface area contributed by atoms with Gasteiger partial charge < -0.3 is 9.47 Å². The van der Waals surface area contributed by atoms with Crippen molar-refractivity contribution in [1.29, 1.82) is 0 Å². The standard InChI is InChI=1S/C23H16Cl2N2OS/c24-19-12-15(21-9-10-22(25)29-21)7-8-18(19)23(28)27-14-17-5-3-11-26(17)13-16-4-1-2-6-20(16)27/h1-12H,13-14H2. The molecular formula is C23H16Cl2N2OS. The summed E-state index contributed by atoms with van der Waals surface area (Å²) >= 11 is 14.1. The molecule has 0 saturated carbocycles. The third-order valence-corrected chi connectivity index (χ3v) is 6.76. The van der Waals surface area contributed by atoms with Crippen LogP contribution >= 0.6 is 34.5 Å². The molecule has 1 amide bonds. The van der Waals surface area contributed by atoms with Crippen LogP contribution in [0.25, 0.3) is 10.4 Å². The number of nitrogens with zero attached hydrogens (tertiary/aromatic N) is 2. The summed E-state index contributed by atoms with van der Waals surface area (Å²) in [7, 11) is 0. The van der Waals surface area contributed by atoms with Crippen LogP contribution in [0, 0.1) is 0 Å². The fourth-order valence-electron chi connectivity index (χ4n) is 3.72. The van der Waals surface area contributed by atoms with Gasteiger partial charge in [-0.25, -0.2) is 0 Å². The van der Waals surface area contributed by atoms with Gasteiger partial charge in [0.2, 0.25) is 0 Å². The van der Waals surface area contributed by atoms with Crippen molar-refractivity contribution in [2.24, 2.45) is 0 Å². The molecule has 5 rings (SSSR count). The number of halogens is 2. The molecule has 0 saturated heterocycles. The minimum absolute atomic E-state index is 0.104.